The molecule has 36 heavy (non-hydrogen) atoms. The molecule has 3 amide bonds. The van der Waals surface area contributed by atoms with Crippen molar-refractivity contribution in [1.82, 2.24) is 25.8 Å². The zero-order valence-corrected chi connectivity index (χ0v) is 22.0. The van der Waals surface area contributed by atoms with Crippen LogP contribution in [0.1, 0.15) is 53.4 Å². The Kier molecular flexibility index (Phi) is 7.37. The molecule has 4 rings (SSSR count). The molecule has 0 aromatic rings. The van der Waals surface area contributed by atoms with E-state index in [4.69, 9.17) is 6.42 Å². The second-order valence-electron chi connectivity index (χ2n) is 12.2. The lowest BCUT2D eigenvalue weighted by atomic mass is 9.74. The SMILES string of the molecule is C#CC(C)(C)[C@H]1CCN2C(=O)[C@@H](N3CCC3)C(C)(C)CNC(=O)[C@@H]3C[C@H](CN3)CC(C#N)NC(=O)[C@H]12. The van der Waals surface area contributed by atoms with Gasteiger partial charge in [0, 0.05) is 42.9 Å². The normalized spacial score (nSPS) is 35.8. The van der Waals surface area contributed by atoms with Crippen molar-refractivity contribution < 1.29 is 14.4 Å². The Morgan fingerprint density at radius 3 is 2.44 bits per heavy atom. The number of hydrogen-bond donors (Lipinski definition) is 3. The van der Waals surface area contributed by atoms with E-state index in [-0.39, 0.29) is 35.6 Å². The minimum absolute atomic E-state index is 0.0809. The van der Waals surface area contributed by atoms with Crippen molar-refractivity contribution in [2.75, 3.05) is 32.7 Å². The molecule has 2 bridgehead atoms. The molecule has 0 aliphatic carbocycles. The number of terminal acetylenes is 1. The molecular weight excluding hydrogens is 456 g/mol. The van der Waals surface area contributed by atoms with Crippen LogP contribution in [0, 0.1) is 46.3 Å². The molecule has 0 radical (unpaired) electrons. The number of likely N-dealkylation sites (tertiary alicyclic amines) is 1. The molecule has 0 saturated carbocycles. The van der Waals surface area contributed by atoms with Gasteiger partial charge in [-0.1, -0.05) is 13.8 Å². The molecule has 4 heterocycles. The van der Waals surface area contributed by atoms with Crippen LogP contribution in [-0.4, -0.2) is 84.4 Å². The van der Waals surface area contributed by atoms with Crippen molar-refractivity contribution in [1.29, 1.82) is 5.26 Å². The molecule has 9 nitrogen and oxygen atoms in total. The highest BCUT2D eigenvalue weighted by Crippen LogP contribution is 2.41. The molecule has 1 unspecified atom stereocenters. The lowest BCUT2D eigenvalue weighted by Gasteiger charge is -2.47. The number of rotatable bonds is 2. The van der Waals surface area contributed by atoms with E-state index in [1.807, 2.05) is 27.7 Å². The monoisotopic (exact) mass is 496 g/mol. The van der Waals surface area contributed by atoms with Crippen LogP contribution < -0.4 is 16.0 Å². The number of nitrogens with one attached hydrogen (secondary N) is 3. The molecular formula is C27H40N6O3. The first-order chi connectivity index (χ1) is 17.0. The molecule has 0 spiro atoms. The lowest BCUT2D eigenvalue weighted by molar-refractivity contribution is -0.150. The standard InChI is InChI=1S/C27H40N6O3/c1-6-26(2,3)19-8-11-33-21(19)24(35)31-18(14-28)12-17-13-20(29-15-17)23(34)30-16-27(4,5)22(25(33)36)32-9-7-10-32/h1,17-22,29H,7-13,15-16H2,2-5H3,(H,30,34)(H,31,35)/t17-,18?,19+,20+,21+,22-/m1/s1. The minimum Gasteiger partial charge on any atom is -0.354 e. The third-order valence-corrected chi connectivity index (χ3v) is 8.78. The van der Waals surface area contributed by atoms with Crippen LogP contribution >= 0.6 is 0 Å². The van der Waals surface area contributed by atoms with E-state index in [0.717, 1.165) is 19.5 Å². The number of carbonyl (C=O) groups excluding carboxylic acids is 3. The van der Waals surface area contributed by atoms with Crippen LogP contribution in [0.2, 0.25) is 0 Å². The zero-order chi connectivity index (χ0) is 26.3. The maximum Gasteiger partial charge on any atom is 0.244 e. The molecule has 196 valence electrons. The van der Waals surface area contributed by atoms with Gasteiger partial charge in [0.25, 0.3) is 0 Å². The van der Waals surface area contributed by atoms with Gasteiger partial charge in [0.2, 0.25) is 17.7 Å². The number of nitriles is 1. The Balaban J connectivity index is 1.73. The average Bonchev–Trinajstić information content (AvgIpc) is 3.46. The first-order valence-corrected chi connectivity index (χ1v) is 13.2. The second kappa shape index (κ2) is 10.0. The van der Waals surface area contributed by atoms with Gasteiger partial charge in [0.05, 0.1) is 18.2 Å². The fourth-order valence-electron chi connectivity index (χ4n) is 6.42. The maximum absolute atomic E-state index is 14.2. The van der Waals surface area contributed by atoms with Gasteiger partial charge in [-0.15, -0.1) is 12.3 Å². The highest BCUT2D eigenvalue weighted by molar-refractivity contribution is 5.91. The van der Waals surface area contributed by atoms with Crippen LogP contribution in [0.3, 0.4) is 0 Å². The van der Waals surface area contributed by atoms with Crippen LogP contribution in [0.4, 0.5) is 0 Å². The van der Waals surface area contributed by atoms with E-state index in [1.165, 1.54) is 0 Å². The molecule has 0 aromatic heterocycles. The first-order valence-electron chi connectivity index (χ1n) is 13.2. The topological polar surface area (TPSA) is 118 Å². The van der Waals surface area contributed by atoms with Crippen LogP contribution in [-0.2, 0) is 14.4 Å². The average molecular weight is 497 g/mol. The summed E-state index contributed by atoms with van der Waals surface area (Å²) in [6, 6.07) is -0.0357. The number of fused-ring (bicyclic) bond motifs is 3. The molecule has 0 aromatic carbocycles. The Morgan fingerprint density at radius 2 is 1.83 bits per heavy atom. The van der Waals surface area contributed by atoms with E-state index < -0.39 is 29.0 Å². The van der Waals surface area contributed by atoms with E-state index >= 15 is 0 Å². The van der Waals surface area contributed by atoms with Crippen molar-refractivity contribution >= 4 is 17.7 Å². The molecule has 6 atom stereocenters. The second-order valence-corrected chi connectivity index (χ2v) is 12.2. The fourth-order valence-corrected chi connectivity index (χ4v) is 6.42. The quantitative estimate of drug-likeness (QED) is 0.479. The summed E-state index contributed by atoms with van der Waals surface area (Å²) < 4.78 is 0. The summed E-state index contributed by atoms with van der Waals surface area (Å²) in [6.07, 6.45) is 8.57. The minimum atomic E-state index is -0.742. The Morgan fingerprint density at radius 1 is 1.11 bits per heavy atom. The van der Waals surface area contributed by atoms with Crippen molar-refractivity contribution in [3.8, 4) is 18.4 Å². The summed E-state index contributed by atoms with van der Waals surface area (Å²) in [5, 5.41) is 19.1. The first kappa shape index (κ1) is 26.4. The smallest absolute Gasteiger partial charge is 0.244 e. The summed E-state index contributed by atoms with van der Waals surface area (Å²) in [5.74, 6) is 2.21. The summed E-state index contributed by atoms with van der Waals surface area (Å²) in [5.41, 5.74) is -1.15. The number of amides is 3. The van der Waals surface area contributed by atoms with Crippen LogP contribution in [0.15, 0.2) is 0 Å². The zero-order valence-electron chi connectivity index (χ0n) is 22.0. The number of carbonyl (C=O) groups is 3. The van der Waals surface area contributed by atoms with Gasteiger partial charge in [-0.3, -0.25) is 19.3 Å². The predicted octanol–water partition coefficient (Wildman–Crippen LogP) is 0.470. The predicted molar refractivity (Wildman–Crippen MR) is 135 cm³/mol. The van der Waals surface area contributed by atoms with E-state index in [0.29, 0.717) is 38.9 Å². The van der Waals surface area contributed by atoms with Gasteiger partial charge in [0.1, 0.15) is 12.1 Å². The molecule has 4 aliphatic heterocycles. The van der Waals surface area contributed by atoms with Crippen molar-refractivity contribution in [3.05, 3.63) is 0 Å². The van der Waals surface area contributed by atoms with E-state index in [1.54, 1.807) is 4.90 Å². The third kappa shape index (κ3) is 4.96. The van der Waals surface area contributed by atoms with Crippen molar-refractivity contribution in [2.45, 2.75) is 77.5 Å². The Bertz CT molecular complexity index is 975. The number of nitrogens with zero attached hydrogens (tertiary/aromatic N) is 3. The summed E-state index contributed by atoms with van der Waals surface area (Å²) in [7, 11) is 0. The summed E-state index contributed by atoms with van der Waals surface area (Å²) in [6.45, 7) is 10.9. The Hall–Kier alpha value is -2.62. The molecule has 4 aliphatic rings. The van der Waals surface area contributed by atoms with Gasteiger partial charge in [-0.25, -0.2) is 0 Å². The fraction of sp³-hybridized carbons (Fsp3) is 0.778. The highest BCUT2D eigenvalue weighted by atomic mass is 16.2. The van der Waals surface area contributed by atoms with E-state index in [2.05, 4.69) is 32.8 Å². The highest BCUT2D eigenvalue weighted by Gasteiger charge is 2.52. The largest absolute Gasteiger partial charge is 0.354 e. The maximum atomic E-state index is 14.2. The lowest BCUT2D eigenvalue weighted by Crippen LogP contribution is -2.64. The number of hydrogen-bond acceptors (Lipinski definition) is 6. The van der Waals surface area contributed by atoms with E-state index in [9.17, 15) is 19.6 Å². The van der Waals surface area contributed by atoms with Crippen LogP contribution in [0.25, 0.3) is 0 Å². The van der Waals surface area contributed by atoms with Gasteiger partial charge in [0.15, 0.2) is 0 Å². The van der Waals surface area contributed by atoms with Crippen molar-refractivity contribution in [3.63, 3.8) is 0 Å². The molecule has 4 fully saturated rings. The van der Waals surface area contributed by atoms with Gasteiger partial charge in [-0.05, 0) is 52.0 Å². The summed E-state index contributed by atoms with van der Waals surface area (Å²) in [4.78, 5) is 44.9. The Labute approximate surface area is 214 Å². The van der Waals surface area contributed by atoms with Crippen molar-refractivity contribution in [2.24, 2.45) is 22.7 Å². The molecule has 9 heteroatoms. The molecule has 4 saturated heterocycles. The van der Waals surface area contributed by atoms with Gasteiger partial charge < -0.3 is 20.9 Å². The van der Waals surface area contributed by atoms with Gasteiger partial charge >= 0.3 is 0 Å². The van der Waals surface area contributed by atoms with Crippen LogP contribution in [0.5, 0.6) is 0 Å². The third-order valence-electron chi connectivity index (χ3n) is 8.78. The summed E-state index contributed by atoms with van der Waals surface area (Å²) >= 11 is 0. The van der Waals surface area contributed by atoms with Gasteiger partial charge in [-0.2, -0.15) is 5.26 Å². The molecule has 3 N–H and O–H groups in total.